The van der Waals surface area contributed by atoms with Crippen LogP contribution in [0.25, 0.3) is 21.9 Å². The van der Waals surface area contributed by atoms with Crippen LogP contribution in [0.15, 0.2) is 93.3 Å². The zero-order valence-electron chi connectivity index (χ0n) is 22.8. The molecule has 0 aliphatic rings. The summed E-state index contributed by atoms with van der Waals surface area (Å²) in [6, 6.07) is 29.2. The fourth-order valence-corrected chi connectivity index (χ4v) is 6.77. The predicted octanol–water partition coefficient (Wildman–Crippen LogP) is 9.38. The van der Waals surface area contributed by atoms with Crippen molar-refractivity contribution in [3.63, 3.8) is 0 Å². The first kappa shape index (κ1) is 26.0. The third kappa shape index (κ3) is 4.92. The first-order valence-electron chi connectivity index (χ1n) is 12.8. The van der Waals surface area contributed by atoms with E-state index < -0.39 is 8.16 Å². The number of hydrogen-bond donors (Lipinski definition) is 0. The molecular formula is C32H34NO4P. The third-order valence-corrected chi connectivity index (χ3v) is 8.76. The van der Waals surface area contributed by atoms with Crippen molar-refractivity contribution >= 4 is 30.1 Å². The Balaban J connectivity index is 1.89. The Morgan fingerprint density at radius 2 is 1.03 bits per heavy atom. The molecule has 0 saturated heterocycles. The monoisotopic (exact) mass is 527 g/mol. The lowest BCUT2D eigenvalue weighted by molar-refractivity contribution is 0.410. The summed E-state index contributed by atoms with van der Waals surface area (Å²) in [5.74, 6) is 1.37. The summed E-state index contributed by atoms with van der Waals surface area (Å²) in [4.78, 5) is 0. The highest BCUT2D eigenvalue weighted by molar-refractivity contribution is 7.39. The van der Waals surface area contributed by atoms with Gasteiger partial charge >= 0.3 is 8.16 Å². The average molecular weight is 528 g/mol. The van der Waals surface area contributed by atoms with E-state index in [4.69, 9.17) is 17.9 Å². The minimum atomic E-state index is -1.65. The first-order chi connectivity index (χ1) is 18.4. The molecule has 1 aromatic heterocycles. The Bertz CT molecular complexity index is 1480. The first-order valence-corrected chi connectivity index (χ1v) is 14.0. The summed E-state index contributed by atoms with van der Waals surface area (Å²) >= 11 is 0. The highest BCUT2D eigenvalue weighted by Gasteiger charge is 2.29. The summed E-state index contributed by atoms with van der Waals surface area (Å²) in [5.41, 5.74) is 5.88. The molecule has 1 heterocycles. The number of nitrogens with zero attached hydrogens (tertiary/aromatic N) is 1. The maximum atomic E-state index is 6.89. The van der Waals surface area contributed by atoms with Crippen molar-refractivity contribution < 1.29 is 17.9 Å². The van der Waals surface area contributed by atoms with Crippen LogP contribution in [0.2, 0.25) is 0 Å². The molecule has 0 saturated carbocycles. The molecule has 6 heteroatoms. The van der Waals surface area contributed by atoms with E-state index in [0.717, 1.165) is 21.9 Å². The topological polar surface area (TPSA) is 48.0 Å². The van der Waals surface area contributed by atoms with E-state index in [-0.39, 0.29) is 12.1 Å². The van der Waals surface area contributed by atoms with Crippen LogP contribution >= 0.6 is 8.16 Å². The van der Waals surface area contributed by atoms with Gasteiger partial charge in [0.2, 0.25) is 0 Å². The highest BCUT2D eigenvalue weighted by Crippen LogP contribution is 2.48. The summed E-state index contributed by atoms with van der Waals surface area (Å²) in [5, 5.41) is 1.87. The quantitative estimate of drug-likeness (QED) is 0.211. The second-order valence-corrected chi connectivity index (χ2v) is 11.0. The van der Waals surface area contributed by atoms with Gasteiger partial charge in [-0.15, -0.1) is 0 Å². The van der Waals surface area contributed by atoms with Crippen LogP contribution < -0.4 is 14.1 Å². The molecule has 196 valence electrons. The number of hydrogen-bond acceptors (Lipinski definition) is 5. The number of ether oxygens (including phenoxy) is 2. The molecule has 0 radical (unpaired) electrons. The van der Waals surface area contributed by atoms with Gasteiger partial charge in [-0.2, -0.15) is 4.67 Å². The summed E-state index contributed by atoms with van der Waals surface area (Å²) in [6.45, 7) is 8.53. The van der Waals surface area contributed by atoms with Crippen molar-refractivity contribution in [3.05, 3.63) is 107 Å². The van der Waals surface area contributed by atoms with Crippen molar-refractivity contribution in [1.82, 2.24) is 0 Å². The van der Waals surface area contributed by atoms with Gasteiger partial charge in [0, 0.05) is 22.9 Å². The molecule has 5 aromatic rings. The van der Waals surface area contributed by atoms with Crippen molar-refractivity contribution in [2.75, 3.05) is 18.9 Å². The largest absolute Gasteiger partial charge is 0.493 e. The van der Waals surface area contributed by atoms with E-state index in [1.54, 1.807) is 14.2 Å². The van der Waals surface area contributed by atoms with E-state index in [0.29, 0.717) is 22.7 Å². The van der Waals surface area contributed by atoms with Gasteiger partial charge in [0.05, 0.1) is 14.2 Å². The zero-order chi connectivity index (χ0) is 26.8. The number of fused-ring (bicyclic) bond motifs is 3. The molecule has 2 atom stereocenters. The van der Waals surface area contributed by atoms with E-state index in [1.807, 2.05) is 24.3 Å². The smallest absolute Gasteiger partial charge is 0.311 e. The zero-order valence-corrected chi connectivity index (χ0v) is 23.7. The van der Waals surface area contributed by atoms with Crippen LogP contribution in [-0.2, 0) is 0 Å². The van der Waals surface area contributed by atoms with Crippen LogP contribution in [0.3, 0.4) is 0 Å². The molecule has 5 rings (SSSR count). The average Bonchev–Trinajstić information content (AvgIpc) is 3.10. The SMILES string of the molecule is COc1cc(C)cc2c1op(N([C@@H](C)c1ccccc1)[C@@H](C)c1ccccc1)oc1c(OC)cc(C)cc12. The molecule has 5 nitrogen and oxygen atoms in total. The Hall–Kier alpha value is -3.66. The maximum absolute atomic E-state index is 6.89. The van der Waals surface area contributed by atoms with Crippen LogP contribution in [0.5, 0.6) is 11.5 Å². The second-order valence-electron chi connectivity index (χ2n) is 9.66. The van der Waals surface area contributed by atoms with Gasteiger partial charge in [-0.05, 0) is 74.2 Å². The molecule has 0 bridgehead atoms. The second kappa shape index (κ2) is 11.0. The fraction of sp³-hybridized carbons (Fsp3) is 0.250. The maximum Gasteiger partial charge on any atom is 0.311 e. The highest BCUT2D eigenvalue weighted by atomic mass is 31.1. The molecule has 4 aromatic carbocycles. The lowest BCUT2D eigenvalue weighted by atomic mass is 10.0. The number of methoxy groups -OCH3 is 2. The molecule has 0 unspecified atom stereocenters. The molecule has 0 fully saturated rings. The fourth-order valence-electron chi connectivity index (χ4n) is 5.03. The Kier molecular flexibility index (Phi) is 7.51. The van der Waals surface area contributed by atoms with Gasteiger partial charge in [0.1, 0.15) is 0 Å². The molecule has 0 aliphatic heterocycles. The van der Waals surface area contributed by atoms with Crippen LogP contribution in [-0.4, -0.2) is 14.2 Å². The Morgan fingerprint density at radius 1 is 0.632 bits per heavy atom. The van der Waals surface area contributed by atoms with E-state index in [9.17, 15) is 0 Å². The number of rotatable bonds is 7. The van der Waals surface area contributed by atoms with E-state index >= 15 is 0 Å². The molecule has 0 N–H and O–H groups in total. The minimum Gasteiger partial charge on any atom is -0.493 e. The molecule has 0 aliphatic carbocycles. The third-order valence-electron chi connectivity index (χ3n) is 7.01. The van der Waals surface area contributed by atoms with Gasteiger partial charge in [-0.3, -0.25) is 0 Å². The van der Waals surface area contributed by atoms with Crippen molar-refractivity contribution in [3.8, 4) is 11.5 Å². The van der Waals surface area contributed by atoms with E-state index in [2.05, 4.69) is 93.0 Å². The normalized spacial score (nSPS) is 13.0. The van der Waals surface area contributed by atoms with Crippen LogP contribution in [0, 0.1) is 13.8 Å². The minimum absolute atomic E-state index is 0.00426. The molecule has 0 spiro atoms. The number of aryl methyl sites for hydroxylation is 2. The van der Waals surface area contributed by atoms with Crippen molar-refractivity contribution in [2.45, 2.75) is 39.8 Å². The van der Waals surface area contributed by atoms with Gasteiger partial charge in [0.25, 0.3) is 0 Å². The number of benzene rings is 4. The van der Waals surface area contributed by atoms with E-state index in [1.165, 1.54) is 11.1 Å². The van der Waals surface area contributed by atoms with Crippen LogP contribution in [0.4, 0.5) is 0 Å². The molecule has 38 heavy (non-hydrogen) atoms. The summed E-state index contributed by atoms with van der Waals surface area (Å²) in [7, 11) is 1.71. The predicted molar refractivity (Wildman–Crippen MR) is 157 cm³/mol. The molecular weight excluding hydrogens is 493 g/mol. The van der Waals surface area contributed by atoms with Gasteiger partial charge in [-0.25, -0.2) is 0 Å². The van der Waals surface area contributed by atoms with Crippen molar-refractivity contribution in [2.24, 2.45) is 0 Å². The Labute approximate surface area is 225 Å². The lowest BCUT2D eigenvalue weighted by Crippen LogP contribution is -2.27. The standard InChI is InChI=1S/C32H34NO4P/c1-21-17-27-28-18-22(2)20-30(35-6)32(28)37-38(36-31(27)29(19-21)34-5)33(23(3)25-13-9-7-10-14-25)24(4)26-15-11-8-12-16-26/h7-20,23-24H,1-6H3/t23-,24-/m0/s1. The molecule has 0 amide bonds. The van der Waals surface area contributed by atoms with Gasteiger partial charge < -0.3 is 17.9 Å². The Morgan fingerprint density at radius 3 is 1.39 bits per heavy atom. The summed E-state index contributed by atoms with van der Waals surface area (Å²) < 4.78 is 27.8. The van der Waals surface area contributed by atoms with Gasteiger partial charge in [-0.1, -0.05) is 60.7 Å². The van der Waals surface area contributed by atoms with Crippen LogP contribution in [0.1, 0.15) is 48.2 Å². The van der Waals surface area contributed by atoms with Crippen molar-refractivity contribution in [1.29, 1.82) is 0 Å². The summed E-state index contributed by atoms with van der Waals surface area (Å²) in [6.07, 6.45) is 0. The lowest BCUT2D eigenvalue weighted by Gasteiger charge is -2.31. The van der Waals surface area contributed by atoms with Gasteiger partial charge in [0.15, 0.2) is 22.7 Å².